The Labute approximate surface area is 144 Å². The van der Waals surface area contributed by atoms with Crippen molar-refractivity contribution in [2.75, 3.05) is 24.3 Å². The third-order valence-corrected chi connectivity index (χ3v) is 3.61. The van der Waals surface area contributed by atoms with Gasteiger partial charge in [-0.15, -0.1) is 0 Å². The number of ether oxygens (including phenoxy) is 1. The van der Waals surface area contributed by atoms with E-state index >= 15 is 0 Å². The van der Waals surface area contributed by atoms with Gasteiger partial charge in [-0.2, -0.15) is 4.98 Å². The van der Waals surface area contributed by atoms with Gasteiger partial charge in [0.25, 0.3) is 0 Å². The summed E-state index contributed by atoms with van der Waals surface area (Å²) in [5, 5.41) is 15.6. The number of carboxylic acids is 1. The number of hydrogen-bond acceptors (Lipinski definition) is 6. The summed E-state index contributed by atoms with van der Waals surface area (Å²) in [5.74, 6) is 0.526. The third-order valence-electron chi connectivity index (χ3n) is 3.61. The number of methoxy groups -OCH3 is 1. The lowest BCUT2D eigenvalue weighted by Gasteiger charge is -2.13. The number of aromatic nitrogens is 2. The Morgan fingerprint density at radius 2 is 2.00 bits per heavy atom. The van der Waals surface area contributed by atoms with Crippen molar-refractivity contribution < 1.29 is 14.6 Å². The van der Waals surface area contributed by atoms with Crippen molar-refractivity contribution in [3.63, 3.8) is 0 Å². The highest BCUT2D eigenvalue weighted by Crippen LogP contribution is 2.29. The van der Waals surface area contributed by atoms with Crippen molar-refractivity contribution in [1.29, 1.82) is 0 Å². The molecule has 0 amide bonds. The molecule has 7 heteroatoms. The van der Waals surface area contributed by atoms with Crippen molar-refractivity contribution in [2.45, 2.75) is 6.92 Å². The summed E-state index contributed by atoms with van der Waals surface area (Å²) < 4.78 is 5.36. The number of nitrogens with zero attached hydrogens (tertiary/aromatic N) is 2. The maximum absolute atomic E-state index is 10.9. The smallest absolute Gasteiger partial charge is 0.322 e. The van der Waals surface area contributed by atoms with Crippen LogP contribution in [0.15, 0.2) is 42.5 Å². The Bertz CT molecular complexity index is 927. The van der Waals surface area contributed by atoms with Crippen LogP contribution in [0.1, 0.15) is 5.56 Å². The molecule has 3 aromatic rings. The molecule has 0 aliphatic rings. The summed E-state index contributed by atoms with van der Waals surface area (Å²) >= 11 is 0. The second kappa shape index (κ2) is 7.04. The van der Waals surface area contributed by atoms with Crippen LogP contribution < -0.4 is 15.4 Å². The monoisotopic (exact) mass is 338 g/mol. The molecular weight excluding hydrogens is 320 g/mol. The molecule has 2 aromatic carbocycles. The van der Waals surface area contributed by atoms with Gasteiger partial charge < -0.3 is 20.5 Å². The summed E-state index contributed by atoms with van der Waals surface area (Å²) in [6.07, 6.45) is 0. The number of carbonyl (C=O) groups is 1. The van der Waals surface area contributed by atoms with Crippen LogP contribution in [0, 0.1) is 6.92 Å². The first kappa shape index (κ1) is 16.5. The van der Waals surface area contributed by atoms with E-state index in [-0.39, 0.29) is 6.54 Å². The molecule has 128 valence electrons. The van der Waals surface area contributed by atoms with Crippen LogP contribution in [-0.4, -0.2) is 34.7 Å². The quantitative estimate of drug-likeness (QED) is 0.635. The first-order chi connectivity index (χ1) is 12.1. The minimum atomic E-state index is -0.961. The Morgan fingerprint density at radius 3 is 2.76 bits per heavy atom. The molecule has 7 nitrogen and oxygen atoms in total. The molecule has 0 radical (unpaired) electrons. The molecule has 0 unspecified atom stereocenters. The number of benzene rings is 2. The van der Waals surface area contributed by atoms with Gasteiger partial charge in [-0.3, -0.25) is 4.79 Å². The first-order valence-corrected chi connectivity index (χ1v) is 7.71. The van der Waals surface area contributed by atoms with Crippen LogP contribution in [0.25, 0.3) is 10.9 Å². The van der Waals surface area contributed by atoms with Crippen LogP contribution in [-0.2, 0) is 4.79 Å². The summed E-state index contributed by atoms with van der Waals surface area (Å²) in [6.45, 7) is 1.75. The van der Waals surface area contributed by atoms with Gasteiger partial charge in [-0.25, -0.2) is 4.98 Å². The second-order valence-electron chi connectivity index (χ2n) is 5.49. The fraction of sp³-hybridized carbons (Fsp3) is 0.167. The SMILES string of the molecule is COc1ccc(C)cc1Nc1nc(NCC(=O)O)c2ccccc2n1. The van der Waals surface area contributed by atoms with Gasteiger partial charge in [0.15, 0.2) is 0 Å². The van der Waals surface area contributed by atoms with E-state index in [4.69, 9.17) is 9.84 Å². The van der Waals surface area contributed by atoms with E-state index in [2.05, 4.69) is 20.6 Å². The molecule has 0 saturated heterocycles. The number of hydrogen-bond donors (Lipinski definition) is 3. The van der Waals surface area contributed by atoms with Crippen molar-refractivity contribution in [3.8, 4) is 5.75 Å². The molecule has 0 saturated carbocycles. The van der Waals surface area contributed by atoms with Crippen LogP contribution in [0.2, 0.25) is 0 Å². The zero-order valence-corrected chi connectivity index (χ0v) is 13.9. The topological polar surface area (TPSA) is 96.4 Å². The lowest BCUT2D eigenvalue weighted by Crippen LogP contribution is -2.14. The zero-order chi connectivity index (χ0) is 17.8. The largest absolute Gasteiger partial charge is 0.495 e. The van der Waals surface area contributed by atoms with Crippen LogP contribution in [0.3, 0.4) is 0 Å². The zero-order valence-electron chi connectivity index (χ0n) is 13.9. The minimum absolute atomic E-state index is 0.228. The molecule has 3 N–H and O–H groups in total. The molecule has 25 heavy (non-hydrogen) atoms. The molecule has 0 aliphatic carbocycles. The third kappa shape index (κ3) is 3.77. The number of anilines is 3. The predicted molar refractivity (Wildman–Crippen MR) is 96.7 cm³/mol. The van der Waals surface area contributed by atoms with Crippen molar-refractivity contribution in [2.24, 2.45) is 0 Å². The van der Waals surface area contributed by atoms with E-state index in [0.29, 0.717) is 23.0 Å². The van der Waals surface area contributed by atoms with E-state index < -0.39 is 5.97 Å². The van der Waals surface area contributed by atoms with Gasteiger partial charge in [-0.05, 0) is 36.8 Å². The van der Waals surface area contributed by atoms with Crippen LogP contribution >= 0.6 is 0 Å². The lowest BCUT2D eigenvalue weighted by molar-refractivity contribution is -0.134. The Balaban J connectivity index is 2.02. The number of carboxylic acid groups (broad SMARTS) is 1. The van der Waals surface area contributed by atoms with Gasteiger partial charge in [0.1, 0.15) is 18.1 Å². The number of fused-ring (bicyclic) bond motifs is 1. The molecule has 1 heterocycles. The molecule has 0 aliphatic heterocycles. The number of aryl methyl sites for hydroxylation is 1. The average Bonchev–Trinajstić information content (AvgIpc) is 2.60. The van der Waals surface area contributed by atoms with E-state index in [0.717, 1.165) is 16.6 Å². The normalized spacial score (nSPS) is 10.5. The Morgan fingerprint density at radius 1 is 1.20 bits per heavy atom. The van der Waals surface area contributed by atoms with E-state index in [9.17, 15) is 4.79 Å². The van der Waals surface area contributed by atoms with Crippen molar-refractivity contribution in [3.05, 3.63) is 48.0 Å². The Kier molecular flexibility index (Phi) is 4.65. The van der Waals surface area contributed by atoms with Crippen LogP contribution in [0.4, 0.5) is 17.5 Å². The van der Waals surface area contributed by atoms with Crippen molar-refractivity contribution in [1.82, 2.24) is 9.97 Å². The maximum Gasteiger partial charge on any atom is 0.322 e. The summed E-state index contributed by atoms with van der Waals surface area (Å²) in [5.41, 5.74) is 2.51. The standard InChI is InChI=1S/C18H18N4O3/c1-11-7-8-15(25-2)14(9-11)21-18-20-13-6-4-3-5-12(13)17(22-18)19-10-16(23)24/h3-9H,10H2,1-2H3,(H,23,24)(H2,19,20,21,22). The highest BCUT2D eigenvalue weighted by molar-refractivity contribution is 5.91. The van der Waals surface area contributed by atoms with Crippen molar-refractivity contribution >= 4 is 34.3 Å². The molecule has 0 atom stereocenters. The van der Waals surface area contributed by atoms with E-state index in [1.807, 2.05) is 49.4 Å². The molecule has 0 fully saturated rings. The van der Waals surface area contributed by atoms with E-state index in [1.165, 1.54) is 0 Å². The minimum Gasteiger partial charge on any atom is -0.495 e. The fourth-order valence-corrected chi connectivity index (χ4v) is 2.47. The number of nitrogens with one attached hydrogen (secondary N) is 2. The Hall–Kier alpha value is -3.35. The molecule has 1 aromatic heterocycles. The van der Waals surface area contributed by atoms with Gasteiger partial charge in [0, 0.05) is 5.39 Å². The highest BCUT2D eigenvalue weighted by atomic mass is 16.5. The summed E-state index contributed by atoms with van der Waals surface area (Å²) in [7, 11) is 1.59. The molecule has 0 bridgehead atoms. The molecule has 0 spiro atoms. The second-order valence-corrected chi connectivity index (χ2v) is 5.49. The molecular formula is C18H18N4O3. The van der Waals surface area contributed by atoms with Gasteiger partial charge in [-0.1, -0.05) is 18.2 Å². The number of rotatable bonds is 6. The summed E-state index contributed by atoms with van der Waals surface area (Å²) in [6, 6.07) is 13.2. The van der Waals surface area contributed by atoms with Gasteiger partial charge in [0.05, 0.1) is 18.3 Å². The van der Waals surface area contributed by atoms with Gasteiger partial charge in [0.2, 0.25) is 5.95 Å². The predicted octanol–water partition coefficient (Wildman–Crippen LogP) is 3.19. The van der Waals surface area contributed by atoms with E-state index in [1.54, 1.807) is 7.11 Å². The average molecular weight is 338 g/mol. The summed E-state index contributed by atoms with van der Waals surface area (Å²) in [4.78, 5) is 19.8. The maximum atomic E-state index is 10.9. The lowest BCUT2D eigenvalue weighted by atomic mass is 10.2. The first-order valence-electron chi connectivity index (χ1n) is 7.71. The van der Waals surface area contributed by atoms with Crippen LogP contribution in [0.5, 0.6) is 5.75 Å². The molecule has 3 rings (SSSR count). The number of aliphatic carboxylic acids is 1. The fourth-order valence-electron chi connectivity index (χ4n) is 2.47. The number of para-hydroxylation sites is 1. The highest BCUT2D eigenvalue weighted by Gasteiger charge is 2.11. The van der Waals surface area contributed by atoms with Gasteiger partial charge >= 0.3 is 5.97 Å².